The molecule has 1 aliphatic rings. The molecule has 6 heteroatoms. The second kappa shape index (κ2) is 8.60. The third kappa shape index (κ3) is 4.00. The van der Waals surface area contributed by atoms with Gasteiger partial charge in [-0.2, -0.15) is 0 Å². The van der Waals surface area contributed by atoms with Gasteiger partial charge in [-0.15, -0.1) is 11.3 Å². The zero-order valence-electron chi connectivity index (χ0n) is 19.2. The predicted octanol–water partition coefficient (Wildman–Crippen LogP) is 5.57. The molecule has 5 rings (SSSR count). The van der Waals surface area contributed by atoms with E-state index in [1.807, 2.05) is 51.1 Å². The van der Waals surface area contributed by atoms with Crippen LogP contribution in [0.4, 0.5) is 5.69 Å². The van der Waals surface area contributed by atoms with Gasteiger partial charge in [0.15, 0.2) is 0 Å². The van der Waals surface area contributed by atoms with Crippen LogP contribution in [-0.4, -0.2) is 15.5 Å². The van der Waals surface area contributed by atoms with E-state index in [-0.39, 0.29) is 18.0 Å². The summed E-state index contributed by atoms with van der Waals surface area (Å²) in [6.07, 6.45) is 4.15. The summed E-state index contributed by atoms with van der Waals surface area (Å²) in [4.78, 5) is 33.9. The zero-order chi connectivity index (χ0) is 23.1. The molecule has 2 heterocycles. The number of nitrogens with one attached hydrogen (secondary N) is 1. The topological polar surface area (TPSA) is 64.0 Å². The third-order valence-corrected chi connectivity index (χ3v) is 7.54. The molecule has 0 aliphatic heterocycles. The van der Waals surface area contributed by atoms with Crippen LogP contribution in [0.3, 0.4) is 0 Å². The van der Waals surface area contributed by atoms with Crippen LogP contribution >= 0.6 is 11.3 Å². The lowest BCUT2D eigenvalue weighted by atomic mass is 9.97. The largest absolute Gasteiger partial charge is 0.324 e. The maximum atomic E-state index is 13.8. The third-order valence-electron chi connectivity index (χ3n) is 6.35. The zero-order valence-corrected chi connectivity index (χ0v) is 20.0. The van der Waals surface area contributed by atoms with E-state index >= 15 is 0 Å². The first-order valence-electron chi connectivity index (χ1n) is 11.4. The van der Waals surface area contributed by atoms with Crippen molar-refractivity contribution >= 4 is 33.1 Å². The Morgan fingerprint density at radius 1 is 1.06 bits per heavy atom. The molecule has 0 unspecified atom stereocenters. The average Bonchev–Trinajstić information content (AvgIpc) is 3.17. The molecule has 33 heavy (non-hydrogen) atoms. The van der Waals surface area contributed by atoms with E-state index in [1.165, 1.54) is 4.88 Å². The van der Waals surface area contributed by atoms with Gasteiger partial charge in [0.05, 0.1) is 5.39 Å². The van der Waals surface area contributed by atoms with Crippen molar-refractivity contribution in [2.75, 3.05) is 5.32 Å². The molecule has 0 bridgehead atoms. The Morgan fingerprint density at radius 3 is 2.48 bits per heavy atom. The van der Waals surface area contributed by atoms with Gasteiger partial charge in [-0.25, -0.2) is 4.98 Å². The van der Waals surface area contributed by atoms with Crippen LogP contribution in [0.2, 0.25) is 0 Å². The standard InChI is InChI=1S/C27H27N3O2S/c1-16-13-17(2)24(18(3)14-16)28-22(31)15-30-25(19-9-5-4-6-10-19)29-26-23(27(30)32)20-11-7-8-12-21(20)33-26/h4-6,9-10,13-14H,7-8,11-12,15H2,1-3H3,(H,28,31). The fourth-order valence-corrected chi connectivity index (χ4v) is 6.14. The number of hydrogen-bond acceptors (Lipinski definition) is 4. The predicted molar refractivity (Wildman–Crippen MR) is 135 cm³/mol. The summed E-state index contributed by atoms with van der Waals surface area (Å²) in [6.45, 7) is 5.94. The molecule has 0 saturated carbocycles. The van der Waals surface area contributed by atoms with Crippen molar-refractivity contribution in [1.29, 1.82) is 0 Å². The first kappa shape index (κ1) is 21.6. The molecule has 4 aromatic rings. The Labute approximate surface area is 197 Å². The number of aryl methyl sites for hydroxylation is 5. The van der Waals surface area contributed by atoms with E-state index in [0.717, 1.165) is 64.0 Å². The minimum atomic E-state index is -0.227. The highest BCUT2D eigenvalue weighted by Gasteiger charge is 2.23. The Bertz CT molecular complexity index is 1410. The van der Waals surface area contributed by atoms with Crippen molar-refractivity contribution in [3.05, 3.63) is 79.9 Å². The smallest absolute Gasteiger partial charge is 0.263 e. The van der Waals surface area contributed by atoms with Gasteiger partial charge >= 0.3 is 0 Å². The summed E-state index contributed by atoms with van der Waals surface area (Å²) in [5.74, 6) is 0.314. The van der Waals surface area contributed by atoms with Crippen LogP contribution in [-0.2, 0) is 24.2 Å². The van der Waals surface area contributed by atoms with E-state index in [2.05, 4.69) is 17.4 Å². The number of fused-ring (bicyclic) bond motifs is 3. The molecule has 1 N–H and O–H groups in total. The van der Waals surface area contributed by atoms with Crippen molar-refractivity contribution in [3.8, 4) is 11.4 Å². The molecule has 0 atom stereocenters. The van der Waals surface area contributed by atoms with Crippen molar-refractivity contribution < 1.29 is 4.79 Å². The van der Waals surface area contributed by atoms with Gasteiger partial charge in [-0.05, 0) is 63.1 Å². The average molecular weight is 458 g/mol. The SMILES string of the molecule is Cc1cc(C)c(NC(=O)Cn2c(-c3ccccc3)nc3sc4c(c3c2=O)CCCC4)c(C)c1. The second-order valence-corrected chi connectivity index (χ2v) is 9.99. The highest BCUT2D eigenvalue weighted by molar-refractivity contribution is 7.18. The molecule has 1 aliphatic carbocycles. The number of carbonyl (C=O) groups excluding carboxylic acids is 1. The quantitative estimate of drug-likeness (QED) is 0.436. The first-order valence-corrected chi connectivity index (χ1v) is 12.2. The Hall–Kier alpha value is -3.25. The highest BCUT2D eigenvalue weighted by atomic mass is 32.1. The van der Waals surface area contributed by atoms with Crippen LogP contribution in [0.1, 0.15) is 40.0 Å². The first-order chi connectivity index (χ1) is 15.9. The van der Waals surface area contributed by atoms with Crippen LogP contribution in [0.25, 0.3) is 21.6 Å². The number of hydrogen-bond donors (Lipinski definition) is 1. The Balaban J connectivity index is 1.61. The van der Waals surface area contributed by atoms with Gasteiger partial charge in [0.25, 0.3) is 5.56 Å². The molecule has 0 spiro atoms. The van der Waals surface area contributed by atoms with Crippen molar-refractivity contribution in [2.45, 2.75) is 53.0 Å². The monoisotopic (exact) mass is 457 g/mol. The fourth-order valence-electron chi connectivity index (χ4n) is 4.89. The Kier molecular flexibility index (Phi) is 5.62. The maximum absolute atomic E-state index is 13.8. The molecule has 2 aromatic heterocycles. The molecule has 0 radical (unpaired) electrons. The maximum Gasteiger partial charge on any atom is 0.263 e. The minimum absolute atomic E-state index is 0.0800. The van der Waals surface area contributed by atoms with Crippen LogP contribution in [0.5, 0.6) is 0 Å². The number of carbonyl (C=O) groups is 1. The van der Waals surface area contributed by atoms with Gasteiger partial charge in [0.1, 0.15) is 17.2 Å². The number of amides is 1. The van der Waals surface area contributed by atoms with Gasteiger partial charge in [0.2, 0.25) is 5.91 Å². The van der Waals surface area contributed by atoms with Crippen molar-refractivity contribution in [2.24, 2.45) is 0 Å². The molecular weight excluding hydrogens is 430 g/mol. The van der Waals surface area contributed by atoms with E-state index in [9.17, 15) is 9.59 Å². The molecular formula is C27H27N3O2S. The molecule has 2 aromatic carbocycles. The minimum Gasteiger partial charge on any atom is -0.324 e. The lowest BCUT2D eigenvalue weighted by Crippen LogP contribution is -2.30. The van der Waals surface area contributed by atoms with Gasteiger partial charge in [-0.3, -0.25) is 14.2 Å². The number of anilines is 1. The summed E-state index contributed by atoms with van der Waals surface area (Å²) in [7, 11) is 0. The summed E-state index contributed by atoms with van der Waals surface area (Å²) in [6, 6.07) is 13.8. The second-order valence-electron chi connectivity index (χ2n) is 8.91. The molecule has 0 saturated heterocycles. The summed E-state index contributed by atoms with van der Waals surface area (Å²) < 4.78 is 1.55. The highest BCUT2D eigenvalue weighted by Crippen LogP contribution is 2.35. The lowest BCUT2D eigenvalue weighted by Gasteiger charge is -2.16. The van der Waals surface area contributed by atoms with Gasteiger partial charge in [-0.1, -0.05) is 48.0 Å². The molecule has 0 fully saturated rings. The van der Waals surface area contributed by atoms with Crippen LogP contribution < -0.4 is 10.9 Å². The fraction of sp³-hybridized carbons (Fsp3) is 0.296. The van der Waals surface area contributed by atoms with E-state index in [4.69, 9.17) is 4.98 Å². The molecule has 1 amide bonds. The van der Waals surface area contributed by atoms with E-state index < -0.39 is 0 Å². The summed E-state index contributed by atoms with van der Waals surface area (Å²) in [5, 5.41) is 3.74. The number of nitrogens with zero attached hydrogens (tertiary/aromatic N) is 2. The van der Waals surface area contributed by atoms with E-state index in [1.54, 1.807) is 15.9 Å². The Morgan fingerprint density at radius 2 is 1.76 bits per heavy atom. The lowest BCUT2D eigenvalue weighted by molar-refractivity contribution is -0.116. The number of thiophene rings is 1. The van der Waals surface area contributed by atoms with Gasteiger partial charge < -0.3 is 5.32 Å². The number of benzene rings is 2. The number of aromatic nitrogens is 2. The summed E-state index contributed by atoms with van der Waals surface area (Å²) >= 11 is 1.63. The van der Waals surface area contributed by atoms with Gasteiger partial charge in [0, 0.05) is 16.1 Å². The molecule has 5 nitrogen and oxygen atoms in total. The summed E-state index contributed by atoms with van der Waals surface area (Å²) in [5.41, 5.74) is 5.83. The van der Waals surface area contributed by atoms with Crippen LogP contribution in [0.15, 0.2) is 47.3 Å². The van der Waals surface area contributed by atoms with E-state index in [0.29, 0.717) is 11.2 Å². The van der Waals surface area contributed by atoms with Crippen LogP contribution in [0, 0.1) is 20.8 Å². The number of rotatable bonds is 4. The van der Waals surface area contributed by atoms with Crippen molar-refractivity contribution in [3.63, 3.8) is 0 Å². The normalized spacial score (nSPS) is 13.2. The molecule has 168 valence electrons. The van der Waals surface area contributed by atoms with Crippen molar-refractivity contribution in [1.82, 2.24) is 9.55 Å².